The van der Waals surface area contributed by atoms with Crippen LogP contribution in [-0.4, -0.2) is 64.0 Å². The maximum Gasteiger partial charge on any atom is 0.306 e. The summed E-state index contributed by atoms with van der Waals surface area (Å²) >= 11 is 0. The summed E-state index contributed by atoms with van der Waals surface area (Å²) in [5, 5.41) is 25.5. The summed E-state index contributed by atoms with van der Waals surface area (Å²) in [6.07, 6.45) is 15.9. The minimum Gasteiger partial charge on any atom is -0.481 e. The van der Waals surface area contributed by atoms with E-state index in [0.717, 1.165) is 36.0 Å². The van der Waals surface area contributed by atoms with Gasteiger partial charge in [-0.25, -0.2) is 0 Å². The van der Waals surface area contributed by atoms with Gasteiger partial charge in [-0.3, -0.25) is 23.7 Å². The number of rotatable bonds is 11. The van der Waals surface area contributed by atoms with Crippen LogP contribution in [0.25, 0.3) is 0 Å². The average molecular weight is 673 g/mol. The number of carboxylic acid groups (broad SMARTS) is 3. The highest BCUT2D eigenvalue weighted by atomic mass is 31.2. The molecule has 4 saturated carbocycles. The Labute approximate surface area is 275 Å². The van der Waals surface area contributed by atoms with Gasteiger partial charge in [-0.15, -0.1) is 0 Å². The first-order valence-corrected chi connectivity index (χ1v) is 19.7. The molecule has 4 fully saturated rings. The van der Waals surface area contributed by atoms with E-state index in [-0.39, 0.29) is 25.4 Å². The van der Waals surface area contributed by atoms with E-state index in [0.29, 0.717) is 23.2 Å². The zero-order valence-electron chi connectivity index (χ0n) is 29.0. The van der Waals surface area contributed by atoms with Crippen molar-refractivity contribution in [2.45, 2.75) is 124 Å². The van der Waals surface area contributed by atoms with Crippen LogP contribution in [-0.2, 0) is 28.5 Å². The van der Waals surface area contributed by atoms with Crippen LogP contribution in [0.3, 0.4) is 0 Å². The number of hydrogen-bond acceptors (Lipinski definition) is 6. The van der Waals surface area contributed by atoms with E-state index >= 15 is 0 Å². The summed E-state index contributed by atoms with van der Waals surface area (Å²) in [4.78, 5) is 50.2. The predicted molar refractivity (Wildman–Crippen MR) is 177 cm³/mol. The third-order valence-electron chi connectivity index (χ3n) is 12.3. The van der Waals surface area contributed by atoms with Crippen molar-refractivity contribution in [1.82, 2.24) is 0 Å². The second-order valence-electron chi connectivity index (χ2n) is 15.3. The Morgan fingerprint density at radius 2 is 1.41 bits per heavy atom. The lowest BCUT2D eigenvalue weighted by Gasteiger charge is -2.61. The van der Waals surface area contributed by atoms with Crippen molar-refractivity contribution in [2.24, 2.45) is 52.3 Å². The van der Waals surface area contributed by atoms with Crippen LogP contribution in [0.2, 0.25) is 0 Å². The molecule has 0 amide bonds. The summed E-state index contributed by atoms with van der Waals surface area (Å²) in [5.74, 6) is 1.67. The van der Waals surface area contributed by atoms with Gasteiger partial charge >= 0.3 is 23.9 Å². The van der Waals surface area contributed by atoms with E-state index in [1.807, 2.05) is 0 Å². The van der Waals surface area contributed by atoms with E-state index in [1.165, 1.54) is 84.9 Å². The largest absolute Gasteiger partial charge is 0.481 e. The molecule has 4 aliphatic rings. The van der Waals surface area contributed by atoms with Crippen LogP contribution in [0.1, 0.15) is 124 Å². The topological polar surface area (TPSA) is 175 Å². The molecule has 0 aromatic carbocycles. The molecule has 9 unspecified atom stereocenters. The van der Waals surface area contributed by atoms with Gasteiger partial charge in [-0.05, 0) is 111 Å². The lowest BCUT2D eigenvalue weighted by Crippen LogP contribution is -2.53. The number of esters is 1. The monoisotopic (exact) mass is 672 g/mol. The zero-order chi connectivity index (χ0) is 34.9. The lowest BCUT2D eigenvalue weighted by atomic mass is 9.44. The van der Waals surface area contributed by atoms with Crippen molar-refractivity contribution in [1.29, 1.82) is 0 Å². The summed E-state index contributed by atoms with van der Waals surface area (Å²) in [5.41, 5.74) is 1.12. The number of carbonyl (C=O) groups is 4. The molecular formula is C35H61O10P. The predicted octanol–water partition coefficient (Wildman–Crippen LogP) is 7.56. The Bertz CT molecular complexity index is 1090. The standard InChI is InChI=1S/C24H40O2.C6H10O4.C5H11O4P/c1-16(7-12-22(25)26)19-10-11-20-18-9-8-17-6-4-5-14-23(17,2)21(18)13-15-24(19,20)3;1-4(6(9)10)2-3-5(7)8;1-9-5(6)3-4-10(2,7)8/h16-21H,4-15H2,1-3H3,(H,25,26);4H,2-3H2,1H3,(H,7,8)(H,9,10);3-4H2,1-2H3,(H,7,8)/t16-,17?,18?,19?,20?,21?,23?,24?;;/m1../s1. The molecule has 4 N–H and O–H groups in total. The lowest BCUT2D eigenvalue weighted by molar-refractivity contribution is -0.143. The maximum absolute atomic E-state index is 11.0. The van der Waals surface area contributed by atoms with Gasteiger partial charge in [0, 0.05) is 25.7 Å². The van der Waals surface area contributed by atoms with E-state index in [1.54, 1.807) is 0 Å². The molecular weight excluding hydrogens is 611 g/mol. The second-order valence-corrected chi connectivity index (χ2v) is 17.9. The normalized spacial score (nSPS) is 33.8. The first-order valence-electron chi connectivity index (χ1n) is 17.4. The average Bonchev–Trinajstić information content (AvgIpc) is 3.34. The SMILES string of the molecule is CC(CCC(=O)O)C(=O)O.COC(=O)CCP(C)(=O)O.C[C@H](CCC(=O)O)C1CCC2C3CCC4CCCCC4(C)C3CCC21C. The Kier molecular flexibility index (Phi) is 15.3. The Balaban J connectivity index is 0.000000305. The van der Waals surface area contributed by atoms with Crippen molar-refractivity contribution < 1.29 is 48.7 Å². The Morgan fingerprint density at radius 3 is 1.98 bits per heavy atom. The molecule has 10 atom stereocenters. The highest BCUT2D eigenvalue weighted by Crippen LogP contribution is 2.68. The van der Waals surface area contributed by atoms with Crippen molar-refractivity contribution in [2.75, 3.05) is 19.9 Å². The fraction of sp³-hybridized carbons (Fsp3) is 0.886. The molecule has 0 aromatic rings. The van der Waals surface area contributed by atoms with Gasteiger partial charge in [-0.1, -0.05) is 40.5 Å². The van der Waals surface area contributed by atoms with E-state index in [2.05, 4.69) is 25.5 Å². The van der Waals surface area contributed by atoms with E-state index in [4.69, 9.17) is 20.2 Å². The van der Waals surface area contributed by atoms with Crippen molar-refractivity contribution >= 4 is 31.2 Å². The first kappa shape index (κ1) is 40.2. The Hall–Kier alpha value is -1.93. The molecule has 0 saturated heterocycles. The molecule has 0 spiro atoms. The summed E-state index contributed by atoms with van der Waals surface area (Å²) in [6.45, 7) is 10.3. The molecule has 46 heavy (non-hydrogen) atoms. The molecule has 0 aliphatic heterocycles. The third-order valence-corrected chi connectivity index (χ3v) is 13.4. The van der Waals surface area contributed by atoms with Crippen LogP contribution in [0, 0.1) is 52.3 Å². The minimum absolute atomic E-state index is 0.000324. The maximum atomic E-state index is 11.0. The number of ether oxygens (including phenoxy) is 1. The third kappa shape index (κ3) is 11.1. The second kappa shape index (κ2) is 17.5. The smallest absolute Gasteiger partial charge is 0.306 e. The van der Waals surface area contributed by atoms with Gasteiger partial charge in [0.2, 0.25) is 0 Å². The molecule has 4 rings (SSSR count). The molecule has 11 heteroatoms. The quantitative estimate of drug-likeness (QED) is 0.127. The van der Waals surface area contributed by atoms with Gasteiger partial charge in [0.05, 0.1) is 19.4 Å². The van der Waals surface area contributed by atoms with E-state index < -0.39 is 37.2 Å². The van der Waals surface area contributed by atoms with Gasteiger partial charge in [0.1, 0.15) is 0 Å². The van der Waals surface area contributed by atoms with Gasteiger partial charge in [0.25, 0.3) is 0 Å². The molecule has 0 heterocycles. The van der Waals surface area contributed by atoms with E-state index in [9.17, 15) is 23.7 Å². The van der Waals surface area contributed by atoms with Crippen molar-refractivity contribution in [3.8, 4) is 0 Å². The molecule has 0 bridgehead atoms. The molecule has 10 nitrogen and oxygen atoms in total. The Morgan fingerprint density at radius 1 is 0.804 bits per heavy atom. The van der Waals surface area contributed by atoms with Crippen LogP contribution in [0.4, 0.5) is 0 Å². The van der Waals surface area contributed by atoms with Crippen LogP contribution >= 0.6 is 7.37 Å². The summed E-state index contributed by atoms with van der Waals surface area (Å²) < 4.78 is 14.9. The van der Waals surface area contributed by atoms with Crippen LogP contribution in [0.5, 0.6) is 0 Å². The number of fused-ring (bicyclic) bond motifs is 5. The fourth-order valence-corrected chi connectivity index (χ4v) is 10.3. The summed E-state index contributed by atoms with van der Waals surface area (Å²) in [6, 6.07) is 0. The van der Waals surface area contributed by atoms with Crippen molar-refractivity contribution in [3.63, 3.8) is 0 Å². The number of methoxy groups -OCH3 is 1. The van der Waals surface area contributed by atoms with Gasteiger partial charge < -0.3 is 24.9 Å². The molecule has 4 aliphatic carbocycles. The number of carbonyl (C=O) groups excluding carboxylic acids is 1. The zero-order valence-corrected chi connectivity index (χ0v) is 29.9. The van der Waals surface area contributed by atoms with Crippen LogP contribution in [0.15, 0.2) is 0 Å². The number of hydrogen-bond donors (Lipinski definition) is 4. The minimum atomic E-state index is -3.03. The molecule has 266 valence electrons. The van der Waals surface area contributed by atoms with Gasteiger partial charge in [0.15, 0.2) is 7.37 Å². The van der Waals surface area contributed by atoms with Crippen molar-refractivity contribution in [3.05, 3.63) is 0 Å². The van der Waals surface area contributed by atoms with Gasteiger partial charge in [-0.2, -0.15) is 0 Å². The summed E-state index contributed by atoms with van der Waals surface area (Å²) in [7, 11) is -1.78. The van der Waals surface area contributed by atoms with Crippen LogP contribution < -0.4 is 0 Å². The molecule has 0 aromatic heterocycles. The number of aliphatic carboxylic acids is 3. The molecule has 0 radical (unpaired) electrons. The highest BCUT2D eigenvalue weighted by Gasteiger charge is 2.60. The fourth-order valence-electron chi connectivity index (χ4n) is 9.69. The highest BCUT2D eigenvalue weighted by molar-refractivity contribution is 7.57. The number of carboxylic acids is 3. The first-order chi connectivity index (χ1) is 21.4.